The van der Waals surface area contributed by atoms with E-state index in [-0.39, 0.29) is 22.4 Å². The fourth-order valence-electron chi connectivity index (χ4n) is 1.63. The third-order valence-corrected chi connectivity index (χ3v) is 2.85. The van der Waals surface area contributed by atoms with E-state index in [4.69, 9.17) is 20.8 Å². The molecule has 0 saturated heterocycles. The number of nitrogens with zero attached hydrogens (tertiary/aromatic N) is 2. The quantitative estimate of drug-likeness (QED) is 0.795. The van der Waals surface area contributed by atoms with Crippen molar-refractivity contribution in [1.29, 1.82) is 0 Å². The molecule has 0 aliphatic carbocycles. The van der Waals surface area contributed by atoms with Crippen LogP contribution in [0.15, 0.2) is 22.6 Å². The zero-order valence-corrected chi connectivity index (χ0v) is 12.2. The highest BCUT2D eigenvalue weighted by Crippen LogP contribution is 2.32. The van der Waals surface area contributed by atoms with Gasteiger partial charge in [0.15, 0.2) is 6.10 Å². The molecule has 1 atom stereocenters. The Hall–Kier alpha value is -2.09. The summed E-state index contributed by atoms with van der Waals surface area (Å²) in [7, 11) is 0. The van der Waals surface area contributed by atoms with Crippen LogP contribution in [0, 0.1) is 6.92 Å². The van der Waals surface area contributed by atoms with Crippen molar-refractivity contribution in [3.63, 3.8) is 0 Å². The molecule has 22 heavy (non-hydrogen) atoms. The highest BCUT2D eigenvalue weighted by Gasteiger charge is 2.32. The molecule has 9 heteroatoms. The van der Waals surface area contributed by atoms with Gasteiger partial charge in [0.05, 0.1) is 11.1 Å². The zero-order valence-electron chi connectivity index (χ0n) is 11.4. The SMILES string of the molecule is Cc1nnc([C@@H](C)OC(=O)c2cc(Cl)cc(C(F)(F)F)c2)o1. The molecule has 2 aromatic rings. The first kappa shape index (κ1) is 16.3. The second-order valence-electron chi connectivity index (χ2n) is 4.43. The van der Waals surface area contributed by atoms with E-state index in [1.54, 1.807) is 6.92 Å². The number of alkyl halides is 3. The topological polar surface area (TPSA) is 65.2 Å². The highest BCUT2D eigenvalue weighted by molar-refractivity contribution is 6.31. The second kappa shape index (κ2) is 5.96. The largest absolute Gasteiger partial charge is 0.449 e. The molecule has 0 unspecified atom stereocenters. The maximum Gasteiger partial charge on any atom is 0.416 e. The Labute approximate surface area is 128 Å². The number of carbonyl (C=O) groups is 1. The predicted octanol–water partition coefficient (Wildman–Crippen LogP) is 3.97. The predicted molar refractivity (Wildman–Crippen MR) is 69.3 cm³/mol. The van der Waals surface area contributed by atoms with E-state index in [1.165, 1.54) is 6.92 Å². The zero-order chi connectivity index (χ0) is 16.5. The number of halogens is 4. The van der Waals surface area contributed by atoms with Gasteiger partial charge in [-0.3, -0.25) is 0 Å². The van der Waals surface area contributed by atoms with Gasteiger partial charge in [-0.15, -0.1) is 10.2 Å². The van der Waals surface area contributed by atoms with Crippen molar-refractivity contribution in [2.24, 2.45) is 0 Å². The monoisotopic (exact) mass is 334 g/mol. The Balaban J connectivity index is 2.21. The van der Waals surface area contributed by atoms with Gasteiger partial charge in [-0.1, -0.05) is 11.6 Å². The Bertz CT molecular complexity index is 700. The number of rotatable bonds is 3. The minimum atomic E-state index is -4.62. The molecule has 0 bridgehead atoms. The molecular weight excluding hydrogens is 325 g/mol. The van der Waals surface area contributed by atoms with Crippen molar-refractivity contribution in [1.82, 2.24) is 10.2 Å². The minimum absolute atomic E-state index is 0.0453. The molecule has 118 valence electrons. The highest BCUT2D eigenvalue weighted by atomic mass is 35.5. The maximum absolute atomic E-state index is 12.7. The van der Waals surface area contributed by atoms with Crippen molar-refractivity contribution in [2.45, 2.75) is 26.1 Å². The van der Waals surface area contributed by atoms with Crippen LogP contribution >= 0.6 is 11.6 Å². The summed E-state index contributed by atoms with van der Waals surface area (Å²) in [4.78, 5) is 11.9. The molecule has 0 saturated carbocycles. The van der Waals surface area contributed by atoms with Gasteiger partial charge in [0, 0.05) is 11.9 Å². The number of hydrogen-bond acceptors (Lipinski definition) is 5. The number of hydrogen-bond donors (Lipinski definition) is 0. The molecule has 1 heterocycles. The first-order chi connectivity index (χ1) is 10.2. The standard InChI is InChI=1S/C13H10ClF3N2O3/c1-6(11-19-18-7(2)22-11)21-12(20)8-3-9(13(15,16)17)5-10(14)4-8/h3-6H,1-2H3/t6-/m1/s1. The fourth-order valence-corrected chi connectivity index (χ4v) is 1.86. The minimum Gasteiger partial charge on any atom is -0.449 e. The maximum atomic E-state index is 12.7. The second-order valence-corrected chi connectivity index (χ2v) is 4.87. The van der Waals surface area contributed by atoms with E-state index in [2.05, 4.69) is 10.2 Å². The Kier molecular flexibility index (Phi) is 4.41. The summed E-state index contributed by atoms with van der Waals surface area (Å²) in [6.07, 6.45) is -5.52. The lowest BCUT2D eigenvalue weighted by Crippen LogP contribution is -2.12. The van der Waals surface area contributed by atoms with Crippen LogP contribution in [0.3, 0.4) is 0 Å². The molecule has 0 aliphatic heterocycles. The van der Waals surface area contributed by atoms with Crippen molar-refractivity contribution in [2.75, 3.05) is 0 Å². The van der Waals surface area contributed by atoms with Crippen molar-refractivity contribution < 1.29 is 27.1 Å². The summed E-state index contributed by atoms with van der Waals surface area (Å²) in [5, 5.41) is 7.02. The van der Waals surface area contributed by atoms with Crippen LogP contribution in [0.25, 0.3) is 0 Å². The number of carbonyl (C=O) groups excluding carboxylic acids is 1. The van der Waals surface area contributed by atoms with Crippen LogP contribution in [0.2, 0.25) is 5.02 Å². The Morgan fingerprint density at radius 1 is 1.32 bits per heavy atom. The summed E-state index contributed by atoms with van der Waals surface area (Å²) < 4.78 is 48.2. The number of ether oxygens (including phenoxy) is 1. The average Bonchev–Trinajstić information content (AvgIpc) is 2.83. The van der Waals surface area contributed by atoms with E-state index in [9.17, 15) is 18.0 Å². The van der Waals surface area contributed by atoms with E-state index in [0.717, 1.165) is 12.1 Å². The Morgan fingerprint density at radius 2 is 2.00 bits per heavy atom. The van der Waals surface area contributed by atoms with Gasteiger partial charge in [0.25, 0.3) is 5.89 Å². The lowest BCUT2D eigenvalue weighted by atomic mass is 10.1. The molecule has 0 N–H and O–H groups in total. The lowest BCUT2D eigenvalue weighted by molar-refractivity contribution is -0.137. The molecule has 0 aliphatic rings. The first-order valence-corrected chi connectivity index (χ1v) is 6.43. The van der Waals surface area contributed by atoms with Crippen molar-refractivity contribution in [3.8, 4) is 0 Å². The smallest absolute Gasteiger partial charge is 0.416 e. The molecule has 1 aromatic heterocycles. The lowest BCUT2D eigenvalue weighted by Gasteiger charge is -2.12. The van der Waals surface area contributed by atoms with Crippen LogP contribution in [0.1, 0.15) is 40.7 Å². The van der Waals surface area contributed by atoms with Crippen LogP contribution in [0.4, 0.5) is 13.2 Å². The van der Waals surface area contributed by atoms with Crippen LogP contribution in [-0.2, 0) is 10.9 Å². The summed E-state index contributed by atoms with van der Waals surface area (Å²) in [6, 6.07) is 2.48. The molecular formula is C13H10ClF3N2O3. The van der Waals surface area contributed by atoms with Gasteiger partial charge in [-0.05, 0) is 25.1 Å². The first-order valence-electron chi connectivity index (χ1n) is 6.05. The van der Waals surface area contributed by atoms with E-state index in [0.29, 0.717) is 6.07 Å². The average molecular weight is 335 g/mol. The van der Waals surface area contributed by atoms with Gasteiger partial charge in [-0.2, -0.15) is 13.2 Å². The van der Waals surface area contributed by atoms with Gasteiger partial charge >= 0.3 is 12.1 Å². The summed E-state index contributed by atoms with van der Waals surface area (Å²) in [6.45, 7) is 3.01. The fraction of sp³-hybridized carbons (Fsp3) is 0.308. The van der Waals surface area contributed by atoms with E-state index in [1.807, 2.05) is 0 Å². The summed E-state index contributed by atoms with van der Waals surface area (Å²) >= 11 is 5.61. The number of aryl methyl sites for hydroxylation is 1. The molecule has 1 aromatic carbocycles. The normalized spacial score (nSPS) is 13.0. The van der Waals surface area contributed by atoms with Crippen LogP contribution in [0.5, 0.6) is 0 Å². The number of benzene rings is 1. The van der Waals surface area contributed by atoms with Gasteiger partial charge < -0.3 is 9.15 Å². The van der Waals surface area contributed by atoms with E-state index >= 15 is 0 Å². The third-order valence-electron chi connectivity index (χ3n) is 2.63. The Morgan fingerprint density at radius 3 is 2.55 bits per heavy atom. The molecule has 0 amide bonds. The van der Waals surface area contributed by atoms with Crippen molar-refractivity contribution in [3.05, 3.63) is 46.1 Å². The van der Waals surface area contributed by atoms with E-state index < -0.39 is 23.8 Å². The summed E-state index contributed by atoms with van der Waals surface area (Å²) in [5.74, 6) is -0.653. The van der Waals surface area contributed by atoms with Gasteiger partial charge in [0.2, 0.25) is 5.89 Å². The third kappa shape index (κ3) is 3.76. The summed E-state index contributed by atoms with van der Waals surface area (Å²) in [5.41, 5.74) is -1.35. The molecule has 2 rings (SSSR count). The molecule has 0 spiro atoms. The van der Waals surface area contributed by atoms with Crippen LogP contribution < -0.4 is 0 Å². The van der Waals surface area contributed by atoms with Crippen molar-refractivity contribution >= 4 is 17.6 Å². The molecule has 5 nitrogen and oxygen atoms in total. The van der Waals surface area contributed by atoms with Gasteiger partial charge in [0.1, 0.15) is 0 Å². The number of aromatic nitrogens is 2. The number of esters is 1. The molecule has 0 radical (unpaired) electrons. The molecule has 0 fully saturated rings. The van der Waals surface area contributed by atoms with Gasteiger partial charge in [-0.25, -0.2) is 4.79 Å². The van der Waals surface area contributed by atoms with Crippen LogP contribution in [-0.4, -0.2) is 16.2 Å².